The first kappa shape index (κ1) is 55.0. The molecule has 0 spiro atoms. The quantitative estimate of drug-likeness (QED) is 0.0566. The van der Waals surface area contributed by atoms with Gasteiger partial charge in [-0.1, -0.05) is 0 Å². The van der Waals surface area contributed by atoms with Crippen LogP contribution in [-0.2, 0) is 35.1 Å². The van der Waals surface area contributed by atoms with E-state index in [1.165, 1.54) is 0 Å². The van der Waals surface area contributed by atoms with Gasteiger partial charge in [0.25, 0.3) is 0 Å². The maximum Gasteiger partial charge on any atom is 0.500 e. The first-order chi connectivity index (χ1) is 22.8. The number of aliphatic hydroxyl groups excluding tert-OH is 1. The highest BCUT2D eigenvalue weighted by atomic mass is 28.5. The van der Waals surface area contributed by atoms with Crippen LogP contribution in [0.5, 0.6) is 0 Å². The molecule has 0 saturated heterocycles. The standard InChI is InChI=1S/C11H30N2O4Si2.C9H23NO3Si.C7H19NO3Si.C2H6O/c1-4-15-18(3,10-6-8-12)17-19(14,16-5-2)11-7-9-13;1-4-11-14(12-5-2,13-6-3)9-7-8-10;1-3-10-12(9,11-4-2)7-5-6-8;1-2-3/h14H,4-13H2,1-3H3;4-10H2,1-3H3;9H,3-8H2,1-2H3;3H,2H2,1H3. The Labute approximate surface area is 298 Å². The summed E-state index contributed by atoms with van der Waals surface area (Å²) in [5.41, 5.74) is 21.9. The highest BCUT2D eigenvalue weighted by Crippen LogP contribution is 2.24. The molecule has 11 N–H and O–H groups in total. The van der Waals surface area contributed by atoms with E-state index in [-0.39, 0.29) is 6.61 Å². The Morgan fingerprint density at radius 3 is 1.06 bits per heavy atom. The molecule has 0 bridgehead atoms. The van der Waals surface area contributed by atoms with Gasteiger partial charge in [0, 0.05) is 71.0 Å². The van der Waals surface area contributed by atoms with Crippen molar-refractivity contribution in [3.63, 3.8) is 0 Å². The van der Waals surface area contributed by atoms with Gasteiger partial charge in [-0.2, -0.15) is 0 Å². The molecule has 48 heavy (non-hydrogen) atoms. The van der Waals surface area contributed by atoms with Gasteiger partial charge in [-0.15, -0.1) is 0 Å². The Bertz CT molecular complexity index is 617. The van der Waals surface area contributed by atoms with Crippen molar-refractivity contribution in [2.75, 3.05) is 79.0 Å². The first-order valence-corrected chi connectivity index (χ1v) is 26.2. The minimum atomic E-state index is -3.18. The van der Waals surface area contributed by atoms with Crippen LogP contribution in [0.4, 0.5) is 0 Å². The van der Waals surface area contributed by atoms with Crippen molar-refractivity contribution in [1.29, 1.82) is 0 Å². The van der Waals surface area contributed by atoms with Crippen molar-refractivity contribution < 1.29 is 49.8 Å². The SMILES string of the molecule is CCO.CCO[Si](C)(CCCN)O[Si](O)(CCCN)OCC.CCO[Si](CCCN)(OCC)OCC.CCO[Si](O)(CCCN)OCC. The summed E-state index contributed by atoms with van der Waals surface area (Å²) in [6.45, 7) is 23.5. The van der Waals surface area contributed by atoms with E-state index in [0.717, 1.165) is 31.4 Å². The summed E-state index contributed by atoms with van der Waals surface area (Å²) in [7, 11) is -10.9. The molecule has 0 saturated carbocycles. The van der Waals surface area contributed by atoms with E-state index in [9.17, 15) is 9.59 Å². The summed E-state index contributed by atoms with van der Waals surface area (Å²) >= 11 is 0. The summed E-state index contributed by atoms with van der Waals surface area (Å²) in [5.74, 6) is 0. The minimum Gasteiger partial charge on any atom is -0.397 e. The van der Waals surface area contributed by atoms with Crippen LogP contribution in [0.3, 0.4) is 0 Å². The molecular formula is C29H78N4O11Si4. The van der Waals surface area contributed by atoms with E-state index in [4.69, 9.17) is 63.1 Å². The van der Waals surface area contributed by atoms with E-state index in [2.05, 4.69) is 0 Å². The summed E-state index contributed by atoms with van der Waals surface area (Å²) < 4.78 is 44.6. The molecule has 0 aliphatic rings. The van der Waals surface area contributed by atoms with Crippen LogP contribution in [0.2, 0.25) is 30.7 Å². The lowest BCUT2D eigenvalue weighted by molar-refractivity contribution is 0.0709. The molecule has 0 aromatic rings. The summed E-state index contributed by atoms with van der Waals surface area (Å²) in [4.78, 5) is 20.3. The summed E-state index contributed by atoms with van der Waals surface area (Å²) in [5, 5.41) is 7.57. The van der Waals surface area contributed by atoms with Crippen molar-refractivity contribution in [2.45, 2.75) is 112 Å². The number of hydrogen-bond acceptors (Lipinski definition) is 15. The minimum absolute atomic E-state index is 0.250. The highest BCUT2D eigenvalue weighted by Gasteiger charge is 2.45. The Hall–Kier alpha value is 0.268. The zero-order valence-electron chi connectivity index (χ0n) is 32.1. The fraction of sp³-hybridized carbons (Fsp3) is 1.00. The van der Waals surface area contributed by atoms with Gasteiger partial charge in [0.05, 0.1) is 0 Å². The molecule has 2 unspecified atom stereocenters. The largest absolute Gasteiger partial charge is 0.500 e. The van der Waals surface area contributed by atoms with Gasteiger partial charge in [0.15, 0.2) is 0 Å². The maximum absolute atomic E-state index is 10.6. The number of rotatable bonds is 28. The Balaban J connectivity index is -0.000000298. The highest BCUT2D eigenvalue weighted by molar-refractivity contribution is 6.77. The topological polar surface area (TPSA) is 239 Å². The average Bonchev–Trinajstić information content (AvgIpc) is 3.03. The molecule has 0 aliphatic heterocycles. The third kappa shape index (κ3) is 32.2. The Kier molecular flexibility index (Phi) is 42.5. The zero-order valence-corrected chi connectivity index (χ0v) is 36.1. The molecule has 0 aromatic carbocycles. The van der Waals surface area contributed by atoms with E-state index < -0.39 is 35.0 Å². The lowest BCUT2D eigenvalue weighted by Crippen LogP contribution is -2.54. The molecule has 15 nitrogen and oxygen atoms in total. The smallest absolute Gasteiger partial charge is 0.397 e. The summed E-state index contributed by atoms with van der Waals surface area (Å²) in [6, 6.07) is 2.63. The molecule has 2 atom stereocenters. The molecule has 19 heteroatoms. The predicted molar refractivity (Wildman–Crippen MR) is 202 cm³/mol. The van der Waals surface area contributed by atoms with Crippen LogP contribution in [0.1, 0.15) is 81.1 Å². The van der Waals surface area contributed by atoms with Crippen molar-refractivity contribution in [2.24, 2.45) is 22.9 Å². The van der Waals surface area contributed by atoms with E-state index in [1.54, 1.807) is 6.92 Å². The van der Waals surface area contributed by atoms with Crippen molar-refractivity contribution >= 4 is 35.0 Å². The van der Waals surface area contributed by atoms with Gasteiger partial charge in [-0.3, -0.25) is 0 Å². The molecule has 0 aromatic heterocycles. The van der Waals surface area contributed by atoms with Crippen LogP contribution in [0.15, 0.2) is 0 Å². The van der Waals surface area contributed by atoms with E-state index >= 15 is 0 Å². The molecule has 0 heterocycles. The Morgan fingerprint density at radius 1 is 0.438 bits per heavy atom. The lowest BCUT2D eigenvalue weighted by Gasteiger charge is -2.34. The average molecular weight is 771 g/mol. The number of nitrogens with two attached hydrogens (primary N) is 4. The first-order valence-electron chi connectivity index (χ1n) is 17.8. The normalized spacial score (nSPS) is 14.0. The fourth-order valence-corrected chi connectivity index (χ4v) is 15.6. The van der Waals surface area contributed by atoms with Crippen LogP contribution in [0.25, 0.3) is 0 Å². The zero-order chi connectivity index (χ0) is 37.8. The van der Waals surface area contributed by atoms with Gasteiger partial charge < -0.3 is 72.7 Å². The van der Waals surface area contributed by atoms with Gasteiger partial charge in [0.2, 0.25) is 0 Å². The molecule has 0 rings (SSSR count). The third-order valence-electron chi connectivity index (χ3n) is 5.94. The lowest BCUT2D eigenvalue weighted by atomic mass is 10.5. The molecule has 0 aliphatic carbocycles. The predicted octanol–water partition coefficient (Wildman–Crippen LogP) is 2.50. The van der Waals surface area contributed by atoms with Gasteiger partial charge in [0.1, 0.15) is 0 Å². The molecular weight excluding hydrogens is 693 g/mol. The van der Waals surface area contributed by atoms with E-state index in [0.29, 0.717) is 90.9 Å². The summed E-state index contributed by atoms with van der Waals surface area (Å²) in [6.07, 6.45) is 3.17. The van der Waals surface area contributed by atoms with E-state index in [1.807, 2.05) is 55.0 Å². The van der Waals surface area contributed by atoms with Gasteiger partial charge in [-0.25, -0.2) is 0 Å². The maximum atomic E-state index is 10.6. The van der Waals surface area contributed by atoms with Crippen LogP contribution in [0, 0.1) is 0 Å². The van der Waals surface area contributed by atoms with Crippen molar-refractivity contribution in [1.82, 2.24) is 0 Å². The van der Waals surface area contributed by atoms with Crippen LogP contribution >= 0.6 is 0 Å². The number of hydrogen-bond donors (Lipinski definition) is 7. The Morgan fingerprint density at radius 2 is 0.729 bits per heavy atom. The van der Waals surface area contributed by atoms with Crippen molar-refractivity contribution in [3.05, 3.63) is 0 Å². The monoisotopic (exact) mass is 770 g/mol. The molecule has 0 fully saturated rings. The van der Waals surface area contributed by atoms with Gasteiger partial charge in [-0.05, 0) is 120 Å². The van der Waals surface area contributed by atoms with Crippen molar-refractivity contribution in [3.8, 4) is 0 Å². The second kappa shape index (κ2) is 37.0. The second-order valence-electron chi connectivity index (χ2n) is 10.3. The van der Waals surface area contributed by atoms with Crippen LogP contribution in [-0.4, -0.2) is 129 Å². The van der Waals surface area contributed by atoms with Crippen LogP contribution < -0.4 is 22.9 Å². The van der Waals surface area contributed by atoms with Gasteiger partial charge >= 0.3 is 35.0 Å². The molecule has 296 valence electrons. The second-order valence-corrected chi connectivity index (χ2v) is 21.6. The molecule has 0 amide bonds. The fourth-order valence-electron chi connectivity index (χ4n) is 4.20. The third-order valence-corrected chi connectivity index (χ3v) is 18.4. The number of aliphatic hydroxyl groups is 1. The molecule has 0 radical (unpaired) electrons.